The van der Waals surface area contributed by atoms with Gasteiger partial charge in [0, 0.05) is 11.3 Å². The highest BCUT2D eigenvalue weighted by molar-refractivity contribution is 8.01. The molecule has 1 aliphatic rings. The highest BCUT2D eigenvalue weighted by Crippen LogP contribution is 2.36. The van der Waals surface area contributed by atoms with Crippen LogP contribution in [0.5, 0.6) is 0 Å². The van der Waals surface area contributed by atoms with E-state index in [4.69, 9.17) is 17.0 Å². The van der Waals surface area contributed by atoms with Gasteiger partial charge < -0.3 is 20.1 Å². The Balaban J connectivity index is 2.65. The number of amides is 1. The lowest BCUT2D eigenvalue weighted by molar-refractivity contribution is -0.139. The number of thiocarbonyl (C=S) groups is 1. The molecule has 0 aliphatic carbocycles. The number of alkyl carbamates (subject to hydrolysis) is 1. The summed E-state index contributed by atoms with van der Waals surface area (Å²) in [6.07, 6.45) is -0.568. The third kappa shape index (κ3) is 5.03. The average molecular weight is 334 g/mol. The molecule has 0 aromatic heterocycles. The standard InChI is InChI=1S/C13H22N2O4S2/c1-12(2,3)19-11(18)14-6-8(20)15-9(10(16)17)21-7-13(15,4)5/h9H,6-7H2,1-5H3,(H,14,18)(H,16,17). The lowest BCUT2D eigenvalue weighted by Crippen LogP contribution is -2.52. The van der Waals surface area contributed by atoms with E-state index in [0.29, 0.717) is 10.7 Å². The number of carbonyl (C=O) groups excluding carboxylic acids is 1. The Labute approximate surface area is 134 Å². The number of hydrogen-bond donors (Lipinski definition) is 2. The van der Waals surface area contributed by atoms with Crippen LogP contribution in [0.3, 0.4) is 0 Å². The predicted molar refractivity (Wildman–Crippen MR) is 86.6 cm³/mol. The molecule has 8 heteroatoms. The van der Waals surface area contributed by atoms with E-state index in [2.05, 4.69) is 5.32 Å². The molecular weight excluding hydrogens is 312 g/mol. The number of carboxylic acid groups (broad SMARTS) is 1. The molecule has 1 unspecified atom stereocenters. The second kappa shape index (κ2) is 6.39. The van der Waals surface area contributed by atoms with E-state index in [9.17, 15) is 14.7 Å². The van der Waals surface area contributed by atoms with Gasteiger partial charge in [0.2, 0.25) is 0 Å². The van der Waals surface area contributed by atoms with E-state index < -0.39 is 23.0 Å². The molecule has 1 fully saturated rings. The van der Waals surface area contributed by atoms with Crippen molar-refractivity contribution >= 4 is 41.0 Å². The minimum absolute atomic E-state index is 0.0814. The van der Waals surface area contributed by atoms with Crippen LogP contribution in [0.25, 0.3) is 0 Å². The minimum Gasteiger partial charge on any atom is -0.479 e. The lowest BCUT2D eigenvalue weighted by atomic mass is 10.1. The summed E-state index contributed by atoms with van der Waals surface area (Å²) in [5, 5.41) is 11.1. The van der Waals surface area contributed by atoms with Gasteiger partial charge in [-0.3, -0.25) is 0 Å². The van der Waals surface area contributed by atoms with Gasteiger partial charge in [0.1, 0.15) is 5.60 Å². The molecule has 6 nitrogen and oxygen atoms in total. The first-order valence-electron chi connectivity index (χ1n) is 6.57. The summed E-state index contributed by atoms with van der Waals surface area (Å²) in [6.45, 7) is 9.26. The van der Waals surface area contributed by atoms with Crippen LogP contribution >= 0.6 is 24.0 Å². The quantitative estimate of drug-likeness (QED) is 0.765. The number of ether oxygens (including phenoxy) is 1. The van der Waals surface area contributed by atoms with E-state index in [0.717, 1.165) is 0 Å². The Kier molecular flexibility index (Phi) is 5.49. The van der Waals surface area contributed by atoms with Crippen molar-refractivity contribution in [3.63, 3.8) is 0 Å². The van der Waals surface area contributed by atoms with Crippen molar-refractivity contribution in [3.8, 4) is 0 Å². The van der Waals surface area contributed by atoms with E-state index in [1.165, 1.54) is 11.8 Å². The molecule has 120 valence electrons. The number of aliphatic carboxylic acids is 1. The fourth-order valence-corrected chi connectivity index (χ4v) is 3.84. The lowest BCUT2D eigenvalue weighted by Gasteiger charge is -2.35. The molecule has 1 atom stereocenters. The van der Waals surface area contributed by atoms with Gasteiger partial charge in [0.05, 0.1) is 11.5 Å². The first-order chi connectivity index (χ1) is 9.44. The highest BCUT2D eigenvalue weighted by atomic mass is 32.2. The van der Waals surface area contributed by atoms with Crippen LogP contribution in [0.1, 0.15) is 34.6 Å². The van der Waals surface area contributed by atoms with E-state index >= 15 is 0 Å². The van der Waals surface area contributed by atoms with Gasteiger partial charge in [-0.15, -0.1) is 11.8 Å². The largest absolute Gasteiger partial charge is 0.479 e. The zero-order valence-corrected chi connectivity index (χ0v) is 14.6. The average Bonchev–Trinajstić information content (AvgIpc) is 2.59. The van der Waals surface area contributed by atoms with Crippen molar-refractivity contribution in [1.82, 2.24) is 10.2 Å². The summed E-state index contributed by atoms with van der Waals surface area (Å²) in [5.74, 6) is -0.263. The number of thioether (sulfide) groups is 1. The molecule has 1 amide bonds. The molecule has 2 N–H and O–H groups in total. The SMILES string of the molecule is CC(C)(C)OC(=O)NCC(=S)N1C(C(=O)O)SCC1(C)C. The molecule has 1 aliphatic heterocycles. The van der Waals surface area contributed by atoms with Crippen molar-refractivity contribution in [2.45, 2.75) is 51.1 Å². The zero-order chi connectivity index (χ0) is 16.4. The third-order valence-corrected chi connectivity index (χ3v) is 4.69. The summed E-state index contributed by atoms with van der Waals surface area (Å²) in [4.78, 5) is 25.0. The molecule has 1 saturated heterocycles. The monoisotopic (exact) mass is 334 g/mol. The molecule has 0 aromatic carbocycles. The first-order valence-corrected chi connectivity index (χ1v) is 8.03. The van der Waals surface area contributed by atoms with E-state index in [-0.39, 0.29) is 12.1 Å². The van der Waals surface area contributed by atoms with Crippen LogP contribution < -0.4 is 5.32 Å². The minimum atomic E-state index is -0.926. The topological polar surface area (TPSA) is 78.9 Å². The molecule has 21 heavy (non-hydrogen) atoms. The second-order valence-electron chi connectivity index (χ2n) is 6.43. The van der Waals surface area contributed by atoms with Crippen molar-refractivity contribution in [1.29, 1.82) is 0 Å². The Hall–Kier alpha value is -1.02. The molecule has 0 spiro atoms. The van der Waals surface area contributed by atoms with Crippen molar-refractivity contribution in [3.05, 3.63) is 0 Å². The number of rotatable bonds is 3. The molecule has 0 radical (unpaired) electrons. The maximum Gasteiger partial charge on any atom is 0.408 e. The number of nitrogens with zero attached hydrogens (tertiary/aromatic N) is 1. The first kappa shape index (κ1) is 18.0. The fraction of sp³-hybridized carbons (Fsp3) is 0.769. The zero-order valence-electron chi connectivity index (χ0n) is 12.9. The summed E-state index contributed by atoms with van der Waals surface area (Å²) < 4.78 is 5.13. The van der Waals surface area contributed by atoms with Crippen LogP contribution in [-0.2, 0) is 9.53 Å². The molecular formula is C13H22N2O4S2. The van der Waals surface area contributed by atoms with Crippen LogP contribution in [0, 0.1) is 0 Å². The number of nitrogens with one attached hydrogen (secondary N) is 1. The van der Waals surface area contributed by atoms with Gasteiger partial charge in [-0.05, 0) is 34.6 Å². The van der Waals surface area contributed by atoms with Gasteiger partial charge in [-0.1, -0.05) is 12.2 Å². The van der Waals surface area contributed by atoms with Gasteiger partial charge in [-0.2, -0.15) is 0 Å². The molecule has 0 saturated carbocycles. The van der Waals surface area contributed by atoms with Crippen molar-refractivity contribution in [2.24, 2.45) is 0 Å². The Morgan fingerprint density at radius 2 is 2.05 bits per heavy atom. The summed E-state index contributed by atoms with van der Waals surface area (Å²) in [6, 6.07) is 0. The van der Waals surface area contributed by atoms with E-state index in [1.807, 2.05) is 13.8 Å². The fourth-order valence-electron chi connectivity index (χ4n) is 1.94. The number of carboxylic acids is 1. The van der Waals surface area contributed by atoms with Crippen molar-refractivity contribution in [2.75, 3.05) is 12.3 Å². The molecule has 0 bridgehead atoms. The molecule has 0 aromatic rings. The number of carbonyl (C=O) groups is 2. The maximum absolute atomic E-state index is 11.6. The van der Waals surface area contributed by atoms with Crippen molar-refractivity contribution < 1.29 is 19.4 Å². The maximum atomic E-state index is 11.6. The summed E-state index contributed by atoms with van der Waals surface area (Å²) in [7, 11) is 0. The van der Waals surface area contributed by atoms with Gasteiger partial charge in [0.15, 0.2) is 5.37 Å². The van der Waals surface area contributed by atoms with Crippen LogP contribution in [0.15, 0.2) is 0 Å². The van der Waals surface area contributed by atoms with E-state index in [1.54, 1.807) is 25.7 Å². The Bertz CT molecular complexity index is 446. The molecule has 1 heterocycles. The third-order valence-electron chi connectivity index (χ3n) is 2.74. The number of hydrogen-bond acceptors (Lipinski definition) is 5. The van der Waals surface area contributed by atoms with Gasteiger partial charge >= 0.3 is 12.1 Å². The Morgan fingerprint density at radius 1 is 1.48 bits per heavy atom. The van der Waals surface area contributed by atoms with Crippen LogP contribution in [0.4, 0.5) is 4.79 Å². The van der Waals surface area contributed by atoms with Gasteiger partial charge in [0.25, 0.3) is 0 Å². The second-order valence-corrected chi connectivity index (χ2v) is 7.97. The van der Waals surface area contributed by atoms with Gasteiger partial charge in [-0.25, -0.2) is 9.59 Å². The van der Waals surface area contributed by atoms with Crippen LogP contribution in [0.2, 0.25) is 0 Å². The highest BCUT2D eigenvalue weighted by Gasteiger charge is 2.44. The Morgan fingerprint density at radius 3 is 2.52 bits per heavy atom. The summed E-state index contributed by atoms with van der Waals surface area (Å²) in [5.41, 5.74) is -0.946. The smallest absolute Gasteiger partial charge is 0.408 e. The van der Waals surface area contributed by atoms with Crippen LogP contribution in [-0.4, -0.2) is 55.9 Å². The predicted octanol–water partition coefficient (Wildman–Crippen LogP) is 2.08. The normalized spacial score (nSPS) is 21.0. The molecule has 1 rings (SSSR count). The summed E-state index contributed by atoms with van der Waals surface area (Å²) >= 11 is 6.63.